The van der Waals surface area contributed by atoms with Gasteiger partial charge < -0.3 is 10.4 Å². The zero-order valence-corrected chi connectivity index (χ0v) is 12.2. The molecule has 0 saturated heterocycles. The quantitative estimate of drug-likeness (QED) is 0.820. The standard InChI is InChI=1S/C14H19ClN4O/c1-11(6-7-19-10-16-9-18-19)17-8-14(20)12-4-2-3-5-13(12)15/h2-5,9-11,14,17,20H,6-8H2,1H3. The van der Waals surface area contributed by atoms with Gasteiger partial charge in [-0.05, 0) is 19.4 Å². The number of rotatable bonds is 7. The Morgan fingerprint density at radius 3 is 2.90 bits per heavy atom. The molecule has 108 valence electrons. The number of halogens is 1. The van der Waals surface area contributed by atoms with E-state index in [-0.39, 0.29) is 6.04 Å². The molecule has 5 nitrogen and oxygen atoms in total. The Hall–Kier alpha value is -1.43. The predicted octanol–water partition coefficient (Wildman–Crippen LogP) is 2.03. The van der Waals surface area contributed by atoms with Crippen LogP contribution in [0.15, 0.2) is 36.9 Å². The van der Waals surface area contributed by atoms with E-state index in [4.69, 9.17) is 11.6 Å². The second kappa shape index (κ2) is 7.38. The Kier molecular flexibility index (Phi) is 5.52. The fourth-order valence-electron chi connectivity index (χ4n) is 1.94. The van der Waals surface area contributed by atoms with E-state index >= 15 is 0 Å². The third-order valence-electron chi connectivity index (χ3n) is 3.18. The molecule has 1 aromatic heterocycles. The molecule has 0 saturated carbocycles. The minimum atomic E-state index is -0.600. The summed E-state index contributed by atoms with van der Waals surface area (Å²) in [6.07, 6.45) is 3.54. The van der Waals surface area contributed by atoms with E-state index in [2.05, 4.69) is 22.3 Å². The van der Waals surface area contributed by atoms with Gasteiger partial charge in [0, 0.05) is 29.7 Å². The van der Waals surface area contributed by atoms with Gasteiger partial charge in [-0.15, -0.1) is 0 Å². The van der Waals surface area contributed by atoms with Crippen molar-refractivity contribution in [3.05, 3.63) is 47.5 Å². The second-order valence-electron chi connectivity index (χ2n) is 4.79. The summed E-state index contributed by atoms with van der Waals surface area (Å²) in [7, 11) is 0. The minimum absolute atomic E-state index is 0.274. The van der Waals surface area contributed by atoms with Gasteiger partial charge in [-0.3, -0.25) is 4.68 Å². The molecular weight excluding hydrogens is 276 g/mol. The molecule has 1 heterocycles. The predicted molar refractivity (Wildman–Crippen MR) is 78.5 cm³/mol. The Balaban J connectivity index is 1.75. The molecule has 2 rings (SSSR count). The summed E-state index contributed by atoms with van der Waals surface area (Å²) in [5.41, 5.74) is 0.755. The largest absolute Gasteiger partial charge is 0.387 e. The van der Waals surface area contributed by atoms with E-state index in [1.54, 1.807) is 17.1 Å². The van der Waals surface area contributed by atoms with Crippen LogP contribution in [0.4, 0.5) is 0 Å². The highest BCUT2D eigenvalue weighted by molar-refractivity contribution is 6.31. The van der Waals surface area contributed by atoms with Crippen LogP contribution in [-0.2, 0) is 6.54 Å². The van der Waals surface area contributed by atoms with E-state index in [9.17, 15) is 5.11 Å². The van der Waals surface area contributed by atoms with E-state index in [1.807, 2.05) is 18.2 Å². The smallest absolute Gasteiger partial charge is 0.137 e. The Morgan fingerprint density at radius 2 is 2.20 bits per heavy atom. The number of aryl methyl sites for hydroxylation is 1. The molecule has 0 radical (unpaired) electrons. The molecule has 2 N–H and O–H groups in total. The van der Waals surface area contributed by atoms with Crippen molar-refractivity contribution in [2.24, 2.45) is 0 Å². The molecule has 0 aliphatic carbocycles. The normalized spacial score (nSPS) is 14.2. The maximum absolute atomic E-state index is 10.1. The zero-order valence-electron chi connectivity index (χ0n) is 11.4. The number of aromatic nitrogens is 3. The highest BCUT2D eigenvalue weighted by atomic mass is 35.5. The molecule has 0 amide bonds. The molecule has 2 atom stereocenters. The Labute approximate surface area is 123 Å². The number of hydrogen-bond donors (Lipinski definition) is 2. The lowest BCUT2D eigenvalue weighted by Crippen LogP contribution is -2.31. The van der Waals surface area contributed by atoms with Crippen LogP contribution in [0.25, 0.3) is 0 Å². The van der Waals surface area contributed by atoms with E-state index in [0.29, 0.717) is 11.6 Å². The minimum Gasteiger partial charge on any atom is -0.387 e. The molecule has 6 heteroatoms. The van der Waals surface area contributed by atoms with Gasteiger partial charge in [0.05, 0.1) is 6.10 Å². The summed E-state index contributed by atoms with van der Waals surface area (Å²) in [4.78, 5) is 3.90. The first-order chi connectivity index (χ1) is 9.66. The topological polar surface area (TPSA) is 63.0 Å². The van der Waals surface area contributed by atoms with Crippen molar-refractivity contribution in [2.75, 3.05) is 6.54 Å². The van der Waals surface area contributed by atoms with Gasteiger partial charge in [-0.25, -0.2) is 4.98 Å². The fourth-order valence-corrected chi connectivity index (χ4v) is 2.21. The van der Waals surface area contributed by atoms with Crippen LogP contribution in [0.5, 0.6) is 0 Å². The fraction of sp³-hybridized carbons (Fsp3) is 0.429. The first kappa shape index (κ1) is 15.0. The lowest BCUT2D eigenvalue weighted by Gasteiger charge is -2.18. The number of nitrogens with one attached hydrogen (secondary N) is 1. The van der Waals surface area contributed by atoms with E-state index < -0.39 is 6.10 Å². The maximum Gasteiger partial charge on any atom is 0.137 e. The van der Waals surface area contributed by atoms with Crippen molar-refractivity contribution >= 4 is 11.6 Å². The summed E-state index contributed by atoms with van der Waals surface area (Å²) >= 11 is 6.06. The molecular formula is C14H19ClN4O. The number of hydrogen-bond acceptors (Lipinski definition) is 4. The van der Waals surface area contributed by atoms with E-state index in [1.165, 1.54) is 6.33 Å². The van der Waals surface area contributed by atoms with Crippen LogP contribution < -0.4 is 5.32 Å². The molecule has 20 heavy (non-hydrogen) atoms. The summed E-state index contributed by atoms with van der Waals surface area (Å²) in [5, 5.41) is 18.1. The highest BCUT2D eigenvalue weighted by Crippen LogP contribution is 2.21. The average Bonchev–Trinajstić information content (AvgIpc) is 2.96. The summed E-state index contributed by atoms with van der Waals surface area (Å²) < 4.78 is 1.79. The lowest BCUT2D eigenvalue weighted by atomic mass is 10.1. The first-order valence-corrected chi connectivity index (χ1v) is 7.03. The van der Waals surface area contributed by atoms with Crippen molar-refractivity contribution in [1.29, 1.82) is 0 Å². The Morgan fingerprint density at radius 1 is 1.40 bits per heavy atom. The van der Waals surface area contributed by atoms with Crippen molar-refractivity contribution in [3.8, 4) is 0 Å². The van der Waals surface area contributed by atoms with Crippen molar-refractivity contribution in [3.63, 3.8) is 0 Å². The Bertz CT molecular complexity index is 518. The average molecular weight is 295 g/mol. The van der Waals surface area contributed by atoms with Gasteiger partial charge in [0.15, 0.2) is 0 Å². The number of aliphatic hydroxyl groups excluding tert-OH is 1. The highest BCUT2D eigenvalue weighted by Gasteiger charge is 2.12. The molecule has 1 aromatic carbocycles. The maximum atomic E-state index is 10.1. The van der Waals surface area contributed by atoms with Crippen LogP contribution in [0, 0.1) is 0 Å². The molecule has 0 aliphatic heterocycles. The molecule has 0 spiro atoms. The van der Waals surface area contributed by atoms with E-state index in [0.717, 1.165) is 18.5 Å². The number of benzene rings is 1. The third kappa shape index (κ3) is 4.30. The third-order valence-corrected chi connectivity index (χ3v) is 3.53. The van der Waals surface area contributed by atoms with Gasteiger partial charge in [-0.2, -0.15) is 5.10 Å². The summed E-state index contributed by atoms with van der Waals surface area (Å²) in [6, 6.07) is 7.63. The van der Waals surface area contributed by atoms with Crippen LogP contribution in [0.3, 0.4) is 0 Å². The molecule has 0 aliphatic rings. The molecule has 2 aromatic rings. The van der Waals surface area contributed by atoms with Gasteiger partial charge in [0.1, 0.15) is 12.7 Å². The SMILES string of the molecule is CC(CCn1cncn1)NCC(O)c1ccccc1Cl. The van der Waals surface area contributed by atoms with Crippen LogP contribution in [-0.4, -0.2) is 32.5 Å². The summed E-state index contributed by atoms with van der Waals surface area (Å²) in [6.45, 7) is 3.36. The van der Waals surface area contributed by atoms with Crippen LogP contribution in [0.2, 0.25) is 5.02 Å². The second-order valence-corrected chi connectivity index (χ2v) is 5.20. The number of aliphatic hydroxyl groups is 1. The van der Waals surface area contributed by atoms with Gasteiger partial charge in [0.2, 0.25) is 0 Å². The van der Waals surface area contributed by atoms with Crippen molar-refractivity contribution in [1.82, 2.24) is 20.1 Å². The van der Waals surface area contributed by atoms with Crippen LogP contribution >= 0.6 is 11.6 Å². The first-order valence-electron chi connectivity index (χ1n) is 6.65. The van der Waals surface area contributed by atoms with Gasteiger partial charge in [0.25, 0.3) is 0 Å². The monoisotopic (exact) mass is 294 g/mol. The van der Waals surface area contributed by atoms with Crippen molar-refractivity contribution in [2.45, 2.75) is 32.0 Å². The van der Waals surface area contributed by atoms with Gasteiger partial charge >= 0.3 is 0 Å². The van der Waals surface area contributed by atoms with Crippen molar-refractivity contribution < 1.29 is 5.11 Å². The van der Waals surface area contributed by atoms with Crippen LogP contribution in [0.1, 0.15) is 25.0 Å². The number of nitrogens with zero attached hydrogens (tertiary/aromatic N) is 3. The van der Waals surface area contributed by atoms with Gasteiger partial charge in [-0.1, -0.05) is 29.8 Å². The molecule has 0 bridgehead atoms. The molecule has 0 fully saturated rings. The summed E-state index contributed by atoms with van der Waals surface area (Å²) in [5.74, 6) is 0. The zero-order chi connectivity index (χ0) is 14.4. The molecule has 2 unspecified atom stereocenters. The lowest BCUT2D eigenvalue weighted by molar-refractivity contribution is 0.169.